The Morgan fingerprint density at radius 3 is 2.52 bits per heavy atom. The third kappa shape index (κ3) is 4.80. The SMILES string of the molecule is CC(C)NCc1ccc(Br)cc1Sc1ccc(F)cc1F. The molecule has 0 aliphatic heterocycles. The van der Waals surface area contributed by atoms with Crippen molar-refractivity contribution in [2.75, 3.05) is 0 Å². The molecule has 0 atom stereocenters. The van der Waals surface area contributed by atoms with Crippen LogP contribution in [0.5, 0.6) is 0 Å². The van der Waals surface area contributed by atoms with Gasteiger partial charge in [-0.15, -0.1) is 0 Å². The quantitative estimate of drug-likeness (QED) is 0.757. The first kappa shape index (κ1) is 16.5. The summed E-state index contributed by atoms with van der Waals surface area (Å²) in [5, 5.41) is 3.35. The Balaban J connectivity index is 2.27. The van der Waals surface area contributed by atoms with Gasteiger partial charge in [-0.05, 0) is 29.8 Å². The number of hydrogen-bond acceptors (Lipinski definition) is 2. The minimum Gasteiger partial charge on any atom is -0.310 e. The van der Waals surface area contributed by atoms with Crippen LogP contribution in [0.3, 0.4) is 0 Å². The molecule has 0 aromatic heterocycles. The van der Waals surface area contributed by atoms with Crippen LogP contribution in [0.2, 0.25) is 0 Å². The zero-order chi connectivity index (χ0) is 15.4. The largest absolute Gasteiger partial charge is 0.310 e. The van der Waals surface area contributed by atoms with Crippen LogP contribution < -0.4 is 5.32 Å². The van der Waals surface area contributed by atoms with Crippen molar-refractivity contribution in [3.8, 4) is 0 Å². The van der Waals surface area contributed by atoms with Gasteiger partial charge in [0.25, 0.3) is 0 Å². The molecule has 0 fully saturated rings. The van der Waals surface area contributed by atoms with Gasteiger partial charge in [-0.2, -0.15) is 0 Å². The average Bonchev–Trinajstić information content (AvgIpc) is 2.41. The highest BCUT2D eigenvalue weighted by Crippen LogP contribution is 2.34. The lowest BCUT2D eigenvalue weighted by Crippen LogP contribution is -2.22. The Hall–Kier alpha value is -0.910. The third-order valence-electron chi connectivity index (χ3n) is 2.84. The molecule has 2 aromatic carbocycles. The van der Waals surface area contributed by atoms with E-state index in [1.54, 1.807) is 0 Å². The zero-order valence-electron chi connectivity index (χ0n) is 11.8. The molecule has 112 valence electrons. The molecule has 0 unspecified atom stereocenters. The van der Waals surface area contributed by atoms with Gasteiger partial charge in [-0.25, -0.2) is 8.78 Å². The molecule has 0 saturated heterocycles. The maximum absolute atomic E-state index is 13.8. The molecule has 0 saturated carbocycles. The summed E-state index contributed by atoms with van der Waals surface area (Å²) in [6.07, 6.45) is 0. The molecular weight excluding hydrogens is 356 g/mol. The lowest BCUT2D eigenvalue weighted by atomic mass is 10.2. The summed E-state index contributed by atoms with van der Waals surface area (Å²) >= 11 is 4.74. The van der Waals surface area contributed by atoms with Crippen molar-refractivity contribution in [1.29, 1.82) is 0 Å². The molecule has 1 nitrogen and oxygen atoms in total. The highest BCUT2D eigenvalue weighted by atomic mass is 79.9. The molecule has 0 spiro atoms. The van der Waals surface area contributed by atoms with E-state index in [9.17, 15) is 8.78 Å². The van der Waals surface area contributed by atoms with Crippen LogP contribution in [0, 0.1) is 11.6 Å². The van der Waals surface area contributed by atoms with Crippen LogP contribution >= 0.6 is 27.7 Å². The zero-order valence-corrected chi connectivity index (χ0v) is 14.2. The summed E-state index contributed by atoms with van der Waals surface area (Å²) in [6, 6.07) is 9.93. The standard InChI is InChI=1S/C16H16BrF2NS/c1-10(2)20-9-11-3-4-12(17)7-16(11)21-15-6-5-13(18)8-14(15)19/h3-8,10,20H,9H2,1-2H3. The molecule has 2 aromatic rings. The predicted octanol–water partition coefficient (Wildman–Crippen LogP) is 5.38. The minimum atomic E-state index is -0.562. The predicted molar refractivity (Wildman–Crippen MR) is 86.6 cm³/mol. The topological polar surface area (TPSA) is 12.0 Å². The molecule has 2 rings (SSSR count). The summed E-state index contributed by atoms with van der Waals surface area (Å²) in [7, 11) is 0. The Morgan fingerprint density at radius 1 is 1.10 bits per heavy atom. The molecule has 0 radical (unpaired) electrons. The van der Waals surface area contributed by atoms with Gasteiger partial charge in [-0.1, -0.05) is 47.6 Å². The second-order valence-corrected chi connectivity index (χ2v) is 6.96. The Kier molecular flexibility index (Phi) is 5.79. The van der Waals surface area contributed by atoms with Crippen LogP contribution in [-0.4, -0.2) is 6.04 Å². The van der Waals surface area contributed by atoms with Crippen molar-refractivity contribution in [2.24, 2.45) is 0 Å². The van der Waals surface area contributed by atoms with E-state index in [1.807, 2.05) is 18.2 Å². The molecule has 21 heavy (non-hydrogen) atoms. The van der Waals surface area contributed by atoms with E-state index in [-0.39, 0.29) is 0 Å². The first-order valence-corrected chi connectivity index (χ1v) is 8.21. The molecular formula is C16H16BrF2NS. The molecule has 0 bridgehead atoms. The van der Waals surface area contributed by atoms with E-state index in [1.165, 1.54) is 23.9 Å². The van der Waals surface area contributed by atoms with Gasteiger partial charge in [0.15, 0.2) is 0 Å². The normalized spacial score (nSPS) is 11.1. The fraction of sp³-hybridized carbons (Fsp3) is 0.250. The molecule has 0 aliphatic carbocycles. The fourth-order valence-corrected chi connectivity index (χ4v) is 3.26. The van der Waals surface area contributed by atoms with E-state index in [4.69, 9.17) is 0 Å². The van der Waals surface area contributed by atoms with Crippen LogP contribution in [0.4, 0.5) is 8.78 Å². The monoisotopic (exact) mass is 371 g/mol. The summed E-state index contributed by atoms with van der Waals surface area (Å²) < 4.78 is 27.7. The average molecular weight is 372 g/mol. The lowest BCUT2D eigenvalue weighted by Gasteiger charge is -2.13. The van der Waals surface area contributed by atoms with Crippen molar-refractivity contribution >= 4 is 27.7 Å². The van der Waals surface area contributed by atoms with Crippen molar-refractivity contribution in [3.05, 3.63) is 58.1 Å². The van der Waals surface area contributed by atoms with Crippen molar-refractivity contribution in [1.82, 2.24) is 5.32 Å². The van der Waals surface area contributed by atoms with E-state index < -0.39 is 11.6 Å². The molecule has 0 aliphatic rings. The van der Waals surface area contributed by atoms with Gasteiger partial charge in [-0.3, -0.25) is 0 Å². The number of halogens is 3. The second-order valence-electron chi connectivity index (χ2n) is 4.96. The molecule has 0 heterocycles. The second kappa shape index (κ2) is 7.38. The van der Waals surface area contributed by atoms with Crippen LogP contribution in [0.15, 0.2) is 50.7 Å². The van der Waals surface area contributed by atoms with Gasteiger partial charge in [0.2, 0.25) is 0 Å². The number of rotatable bonds is 5. The van der Waals surface area contributed by atoms with E-state index in [0.717, 1.165) is 21.0 Å². The maximum atomic E-state index is 13.8. The highest BCUT2D eigenvalue weighted by molar-refractivity contribution is 9.10. The van der Waals surface area contributed by atoms with E-state index >= 15 is 0 Å². The van der Waals surface area contributed by atoms with Crippen LogP contribution in [0.25, 0.3) is 0 Å². The molecule has 0 amide bonds. The Labute approximate surface area is 136 Å². The van der Waals surface area contributed by atoms with Crippen LogP contribution in [-0.2, 0) is 6.54 Å². The van der Waals surface area contributed by atoms with Crippen molar-refractivity contribution in [3.63, 3.8) is 0 Å². The summed E-state index contributed by atoms with van der Waals surface area (Å²) in [4.78, 5) is 1.36. The fourth-order valence-electron chi connectivity index (χ4n) is 1.76. The smallest absolute Gasteiger partial charge is 0.140 e. The molecule has 1 N–H and O–H groups in total. The van der Waals surface area contributed by atoms with Crippen LogP contribution in [0.1, 0.15) is 19.4 Å². The van der Waals surface area contributed by atoms with Crippen molar-refractivity contribution in [2.45, 2.75) is 36.2 Å². The Bertz CT molecular complexity index is 632. The maximum Gasteiger partial charge on any atom is 0.140 e. The van der Waals surface area contributed by atoms with E-state index in [2.05, 4.69) is 35.1 Å². The summed E-state index contributed by atoms with van der Waals surface area (Å²) in [6.45, 7) is 4.85. The molecule has 5 heteroatoms. The van der Waals surface area contributed by atoms with Gasteiger partial charge in [0.1, 0.15) is 11.6 Å². The number of benzene rings is 2. The summed E-state index contributed by atoms with van der Waals surface area (Å²) in [5.41, 5.74) is 1.08. The Morgan fingerprint density at radius 2 is 1.86 bits per heavy atom. The van der Waals surface area contributed by atoms with Crippen molar-refractivity contribution < 1.29 is 8.78 Å². The van der Waals surface area contributed by atoms with Gasteiger partial charge in [0.05, 0.1) is 0 Å². The van der Waals surface area contributed by atoms with Gasteiger partial charge < -0.3 is 5.32 Å². The number of hydrogen-bond donors (Lipinski definition) is 1. The highest BCUT2D eigenvalue weighted by Gasteiger charge is 2.10. The third-order valence-corrected chi connectivity index (χ3v) is 4.49. The lowest BCUT2D eigenvalue weighted by molar-refractivity contribution is 0.565. The van der Waals surface area contributed by atoms with Gasteiger partial charge >= 0.3 is 0 Å². The first-order valence-electron chi connectivity index (χ1n) is 6.60. The minimum absolute atomic E-state index is 0.369. The number of nitrogens with one attached hydrogen (secondary N) is 1. The summed E-state index contributed by atoms with van der Waals surface area (Å²) in [5.74, 6) is -1.10. The van der Waals surface area contributed by atoms with Gasteiger partial charge in [0, 0.05) is 32.9 Å². The van der Waals surface area contributed by atoms with E-state index in [0.29, 0.717) is 17.5 Å². The first-order chi connectivity index (χ1) is 9.95.